The van der Waals surface area contributed by atoms with Crippen molar-refractivity contribution in [2.75, 3.05) is 18.9 Å². The normalized spacial score (nSPS) is 11.3. The molecule has 8 heteroatoms. The number of halogens is 1. The lowest BCUT2D eigenvalue weighted by Gasteiger charge is -2.14. The van der Waals surface area contributed by atoms with E-state index >= 15 is 0 Å². The number of ether oxygens (including phenoxy) is 2. The summed E-state index contributed by atoms with van der Waals surface area (Å²) in [5.74, 6) is 0.419. The van der Waals surface area contributed by atoms with E-state index in [1.807, 2.05) is 0 Å². The molecule has 0 saturated heterocycles. The van der Waals surface area contributed by atoms with Crippen molar-refractivity contribution in [1.29, 1.82) is 0 Å². The zero-order valence-corrected chi connectivity index (χ0v) is 15.1. The fourth-order valence-electron chi connectivity index (χ4n) is 2.46. The number of sulfonamides is 1. The molecule has 0 saturated carbocycles. The highest BCUT2D eigenvalue weighted by molar-refractivity contribution is 7.93. The molecule has 0 aliphatic carbocycles. The molecule has 0 atom stereocenters. The lowest BCUT2D eigenvalue weighted by atomic mass is 10.1. The maximum atomic E-state index is 12.9. The van der Waals surface area contributed by atoms with Crippen LogP contribution < -0.4 is 14.2 Å². The van der Waals surface area contributed by atoms with E-state index in [9.17, 15) is 8.42 Å². The monoisotopic (exact) mass is 378 g/mol. The molecule has 3 aromatic rings. The molecule has 0 radical (unpaired) electrons. The first kappa shape index (κ1) is 17.3. The second-order valence-electron chi connectivity index (χ2n) is 5.11. The van der Waals surface area contributed by atoms with E-state index in [0.717, 1.165) is 5.39 Å². The van der Waals surface area contributed by atoms with Crippen LogP contribution in [0.2, 0.25) is 5.02 Å². The maximum absolute atomic E-state index is 12.9. The number of nitrogens with one attached hydrogen (secondary N) is 1. The SMILES string of the molecule is COc1ccc(NS(=O)(=O)c2cccc3cccc(Cl)c23)c(OC)n1. The van der Waals surface area contributed by atoms with Crippen LogP contribution in [0.25, 0.3) is 10.8 Å². The van der Waals surface area contributed by atoms with Crippen molar-refractivity contribution in [3.63, 3.8) is 0 Å². The third kappa shape index (κ3) is 3.33. The molecular formula is C17H15ClN2O4S. The molecule has 0 spiro atoms. The van der Waals surface area contributed by atoms with E-state index in [0.29, 0.717) is 16.3 Å². The standard InChI is InChI=1S/C17H15ClN2O4S/c1-23-15-10-9-13(17(19-15)24-2)20-25(21,22)14-8-4-6-11-5-3-7-12(18)16(11)14/h3-10,20H,1-2H3. The number of hydrogen-bond acceptors (Lipinski definition) is 5. The minimum Gasteiger partial charge on any atom is -0.481 e. The molecule has 0 aliphatic heterocycles. The molecule has 3 rings (SSSR count). The number of hydrogen-bond donors (Lipinski definition) is 1. The summed E-state index contributed by atoms with van der Waals surface area (Å²) in [5, 5.41) is 1.55. The van der Waals surface area contributed by atoms with Gasteiger partial charge < -0.3 is 9.47 Å². The van der Waals surface area contributed by atoms with Gasteiger partial charge in [0.15, 0.2) is 0 Å². The van der Waals surface area contributed by atoms with Gasteiger partial charge in [-0.05, 0) is 23.6 Å². The van der Waals surface area contributed by atoms with Crippen LogP contribution in [0, 0.1) is 0 Å². The molecule has 0 aliphatic rings. The van der Waals surface area contributed by atoms with E-state index in [4.69, 9.17) is 21.1 Å². The topological polar surface area (TPSA) is 77.5 Å². The van der Waals surface area contributed by atoms with Gasteiger partial charge in [-0.1, -0.05) is 35.9 Å². The summed E-state index contributed by atoms with van der Waals surface area (Å²) in [6.45, 7) is 0. The lowest BCUT2D eigenvalue weighted by molar-refractivity contribution is 0.366. The van der Waals surface area contributed by atoms with Crippen molar-refractivity contribution in [3.8, 4) is 11.8 Å². The van der Waals surface area contributed by atoms with E-state index in [-0.39, 0.29) is 16.5 Å². The quantitative estimate of drug-likeness (QED) is 0.732. The van der Waals surface area contributed by atoms with Gasteiger partial charge in [0, 0.05) is 16.5 Å². The Balaban J connectivity index is 2.10. The summed E-state index contributed by atoms with van der Waals surface area (Å²) in [5.41, 5.74) is 0.201. The van der Waals surface area contributed by atoms with Gasteiger partial charge >= 0.3 is 0 Å². The number of benzene rings is 2. The number of aromatic nitrogens is 1. The number of anilines is 1. The Hall–Kier alpha value is -2.51. The molecule has 130 valence electrons. The van der Waals surface area contributed by atoms with Crippen LogP contribution in [-0.2, 0) is 10.0 Å². The van der Waals surface area contributed by atoms with Gasteiger partial charge in [0.2, 0.25) is 11.8 Å². The van der Waals surface area contributed by atoms with Gasteiger partial charge in [-0.3, -0.25) is 4.72 Å². The van der Waals surface area contributed by atoms with Crippen LogP contribution in [0.5, 0.6) is 11.8 Å². The largest absolute Gasteiger partial charge is 0.481 e. The minimum absolute atomic E-state index is 0.0773. The summed E-state index contributed by atoms with van der Waals surface area (Å²) in [7, 11) is -1.05. The first-order valence-corrected chi connectivity index (χ1v) is 9.11. The van der Waals surface area contributed by atoms with Crippen LogP contribution in [-0.4, -0.2) is 27.6 Å². The number of fused-ring (bicyclic) bond motifs is 1. The van der Waals surface area contributed by atoms with Gasteiger partial charge in [-0.25, -0.2) is 8.42 Å². The van der Waals surface area contributed by atoms with E-state index < -0.39 is 10.0 Å². The second kappa shape index (κ2) is 6.78. The molecule has 1 N–H and O–H groups in total. The molecular weight excluding hydrogens is 364 g/mol. The van der Waals surface area contributed by atoms with E-state index in [1.54, 1.807) is 30.3 Å². The first-order valence-electron chi connectivity index (χ1n) is 7.25. The van der Waals surface area contributed by atoms with E-state index in [1.165, 1.54) is 32.4 Å². The van der Waals surface area contributed by atoms with Crippen LogP contribution >= 0.6 is 11.6 Å². The fraction of sp³-hybridized carbons (Fsp3) is 0.118. The number of nitrogens with zero attached hydrogens (tertiary/aromatic N) is 1. The van der Waals surface area contributed by atoms with Crippen LogP contribution in [0.1, 0.15) is 0 Å². The zero-order chi connectivity index (χ0) is 18.0. The lowest BCUT2D eigenvalue weighted by Crippen LogP contribution is -2.14. The molecule has 0 unspecified atom stereocenters. The molecule has 25 heavy (non-hydrogen) atoms. The molecule has 0 fully saturated rings. The van der Waals surface area contributed by atoms with Gasteiger partial charge in [-0.15, -0.1) is 0 Å². The van der Waals surface area contributed by atoms with Crippen LogP contribution in [0.15, 0.2) is 53.4 Å². The number of methoxy groups -OCH3 is 2. The summed E-state index contributed by atoms with van der Waals surface area (Å²) in [4.78, 5) is 4.15. The van der Waals surface area contributed by atoms with Gasteiger partial charge in [-0.2, -0.15) is 4.98 Å². The predicted octanol–water partition coefficient (Wildman–Crippen LogP) is 3.71. The first-order chi connectivity index (χ1) is 12.0. The Morgan fingerprint density at radius 2 is 1.72 bits per heavy atom. The summed E-state index contributed by atoms with van der Waals surface area (Å²) in [6, 6.07) is 13.2. The highest BCUT2D eigenvalue weighted by Crippen LogP contribution is 2.32. The van der Waals surface area contributed by atoms with Crippen molar-refractivity contribution in [2.45, 2.75) is 4.90 Å². The van der Waals surface area contributed by atoms with Gasteiger partial charge in [0.25, 0.3) is 10.0 Å². The Labute approximate surface area is 150 Å². The highest BCUT2D eigenvalue weighted by atomic mass is 35.5. The second-order valence-corrected chi connectivity index (χ2v) is 7.17. The smallest absolute Gasteiger partial charge is 0.262 e. The summed E-state index contributed by atoms with van der Waals surface area (Å²) >= 11 is 6.22. The molecule has 1 aromatic heterocycles. The van der Waals surface area contributed by atoms with Crippen LogP contribution in [0.4, 0.5) is 5.69 Å². The van der Waals surface area contributed by atoms with Crippen molar-refractivity contribution < 1.29 is 17.9 Å². The van der Waals surface area contributed by atoms with E-state index in [2.05, 4.69) is 9.71 Å². The molecule has 2 aromatic carbocycles. The number of rotatable bonds is 5. The average Bonchev–Trinajstić information content (AvgIpc) is 2.61. The summed E-state index contributed by atoms with van der Waals surface area (Å²) in [6.07, 6.45) is 0. The molecule has 1 heterocycles. The minimum atomic E-state index is -3.91. The fourth-order valence-corrected chi connectivity index (χ4v) is 4.11. The number of pyridine rings is 1. The van der Waals surface area contributed by atoms with Crippen molar-refractivity contribution in [2.24, 2.45) is 0 Å². The molecule has 0 bridgehead atoms. The summed E-state index contributed by atoms with van der Waals surface area (Å²) < 4.78 is 38.5. The average molecular weight is 379 g/mol. The van der Waals surface area contributed by atoms with Crippen molar-refractivity contribution in [3.05, 3.63) is 53.6 Å². The van der Waals surface area contributed by atoms with Gasteiger partial charge in [0.05, 0.1) is 19.1 Å². The predicted molar refractivity (Wildman–Crippen MR) is 97.1 cm³/mol. The third-order valence-corrected chi connectivity index (χ3v) is 5.31. The Kier molecular flexibility index (Phi) is 4.69. The zero-order valence-electron chi connectivity index (χ0n) is 13.5. The Morgan fingerprint density at radius 1 is 1.00 bits per heavy atom. The Morgan fingerprint density at radius 3 is 2.40 bits per heavy atom. The maximum Gasteiger partial charge on any atom is 0.262 e. The van der Waals surface area contributed by atoms with Crippen molar-refractivity contribution >= 4 is 38.1 Å². The molecule has 0 amide bonds. The van der Waals surface area contributed by atoms with Crippen LogP contribution in [0.3, 0.4) is 0 Å². The Bertz CT molecular complexity index is 1030. The van der Waals surface area contributed by atoms with Crippen molar-refractivity contribution in [1.82, 2.24) is 4.98 Å². The highest BCUT2D eigenvalue weighted by Gasteiger charge is 2.21. The third-order valence-electron chi connectivity index (χ3n) is 3.59. The van der Waals surface area contributed by atoms with Gasteiger partial charge in [0.1, 0.15) is 5.69 Å². The molecule has 6 nitrogen and oxygen atoms in total.